The summed E-state index contributed by atoms with van der Waals surface area (Å²) in [6.07, 6.45) is 1.92. The highest BCUT2D eigenvalue weighted by atomic mass is 16.6. The van der Waals surface area contributed by atoms with E-state index in [9.17, 15) is 19.2 Å². The summed E-state index contributed by atoms with van der Waals surface area (Å²) in [5.41, 5.74) is 0.658. The number of imide groups is 1. The fourth-order valence-electron chi connectivity index (χ4n) is 4.45. The minimum atomic E-state index is -1.38. The van der Waals surface area contributed by atoms with E-state index in [4.69, 9.17) is 4.74 Å². The van der Waals surface area contributed by atoms with E-state index in [0.717, 1.165) is 23.3 Å². The van der Waals surface area contributed by atoms with Crippen molar-refractivity contribution < 1.29 is 23.9 Å². The number of nitrogens with one attached hydrogen (secondary N) is 2. The Balaban J connectivity index is 1.55. The van der Waals surface area contributed by atoms with Gasteiger partial charge in [-0.2, -0.15) is 0 Å². The van der Waals surface area contributed by atoms with Crippen LogP contribution in [0.15, 0.2) is 18.2 Å². The number of hydrogen-bond acceptors (Lipinski definition) is 5. The van der Waals surface area contributed by atoms with E-state index in [0.29, 0.717) is 30.6 Å². The number of carbonyl (C=O) groups is 4. The Morgan fingerprint density at radius 2 is 2.10 bits per heavy atom. The van der Waals surface area contributed by atoms with Crippen molar-refractivity contribution in [2.45, 2.75) is 44.2 Å². The van der Waals surface area contributed by atoms with Crippen LogP contribution in [0.1, 0.15) is 37.3 Å². The molecule has 0 bridgehead atoms. The zero-order valence-corrected chi connectivity index (χ0v) is 16.5. The van der Waals surface area contributed by atoms with Crippen molar-refractivity contribution in [1.82, 2.24) is 15.1 Å². The van der Waals surface area contributed by atoms with Crippen molar-refractivity contribution in [3.63, 3.8) is 0 Å². The van der Waals surface area contributed by atoms with Crippen LogP contribution in [0.5, 0.6) is 0 Å². The van der Waals surface area contributed by atoms with Crippen molar-refractivity contribution in [1.29, 1.82) is 0 Å². The molecule has 0 aromatic heterocycles. The number of anilines is 1. The second-order valence-corrected chi connectivity index (χ2v) is 7.74. The molecule has 2 fully saturated rings. The van der Waals surface area contributed by atoms with E-state index in [1.165, 1.54) is 7.05 Å². The highest BCUT2D eigenvalue weighted by Gasteiger charge is 2.58. The summed E-state index contributed by atoms with van der Waals surface area (Å²) in [6, 6.07) is 4.92. The molecule has 2 aliphatic heterocycles. The normalized spacial score (nSPS) is 25.4. The smallest absolute Gasteiger partial charge is 0.418 e. The number of urea groups is 1. The highest BCUT2D eigenvalue weighted by Crippen LogP contribution is 2.46. The first-order valence-electron chi connectivity index (χ1n) is 9.82. The Morgan fingerprint density at radius 1 is 1.31 bits per heavy atom. The van der Waals surface area contributed by atoms with Gasteiger partial charge in [-0.3, -0.25) is 9.59 Å². The minimum absolute atomic E-state index is 0.114. The maximum absolute atomic E-state index is 13.2. The van der Waals surface area contributed by atoms with Crippen molar-refractivity contribution in [2.75, 3.05) is 25.5 Å². The van der Waals surface area contributed by atoms with Gasteiger partial charge in [-0.25, -0.2) is 14.5 Å². The first-order chi connectivity index (χ1) is 13.9. The fraction of sp³-hybridized carbons (Fsp3) is 0.500. The molecule has 5 amide bonds. The lowest BCUT2D eigenvalue weighted by molar-refractivity contribution is -0.142. The van der Waals surface area contributed by atoms with Crippen LogP contribution in [0.2, 0.25) is 0 Å². The maximum atomic E-state index is 13.2. The van der Waals surface area contributed by atoms with E-state index in [2.05, 4.69) is 10.6 Å². The van der Waals surface area contributed by atoms with E-state index in [1.807, 2.05) is 6.92 Å². The Kier molecular flexibility index (Phi) is 4.68. The number of rotatable bonds is 3. The molecular formula is C20H24N4O5. The number of fused-ring (bicyclic) bond motifs is 2. The van der Waals surface area contributed by atoms with E-state index < -0.39 is 17.6 Å². The number of carbonyl (C=O) groups excluding carboxylic acids is 4. The first-order valence-corrected chi connectivity index (χ1v) is 9.82. The summed E-state index contributed by atoms with van der Waals surface area (Å²) < 4.78 is 5.56. The second kappa shape index (κ2) is 7.06. The molecule has 0 radical (unpaired) electrons. The van der Waals surface area contributed by atoms with Crippen molar-refractivity contribution in [3.05, 3.63) is 29.3 Å². The predicted molar refractivity (Wildman–Crippen MR) is 103 cm³/mol. The SMILES string of the molecule is CNC(=O)Nc1ccc2c(c1)CC[C@@]21OC(=O)N(CC(=O)N2CCCC2C)C1=O. The number of hydrogen-bond donors (Lipinski definition) is 2. The standard InChI is InChI=1S/C20H24N4O5/c1-12-4-3-9-23(12)16(25)11-24-17(26)20(29-19(24)28)8-7-13-10-14(5-6-15(13)20)22-18(27)21-2/h5-6,10,12H,3-4,7-9,11H2,1-2H3,(H2,21,22,27)/t12?,20-/m1/s1. The zero-order valence-electron chi connectivity index (χ0n) is 16.5. The van der Waals surface area contributed by atoms with Gasteiger partial charge in [0.15, 0.2) is 0 Å². The molecule has 1 spiro atoms. The number of likely N-dealkylation sites (tertiary alicyclic amines) is 1. The van der Waals surface area contributed by atoms with Gasteiger partial charge in [-0.05, 0) is 43.9 Å². The van der Waals surface area contributed by atoms with Crippen LogP contribution in [0, 0.1) is 0 Å². The van der Waals surface area contributed by atoms with Crippen molar-refractivity contribution in [3.8, 4) is 0 Å². The Labute approximate surface area is 168 Å². The Bertz CT molecular complexity index is 901. The van der Waals surface area contributed by atoms with Gasteiger partial charge < -0.3 is 20.3 Å². The molecule has 1 aliphatic carbocycles. The largest absolute Gasteiger partial charge is 0.427 e. The number of benzene rings is 1. The van der Waals surface area contributed by atoms with Crippen molar-refractivity contribution in [2.24, 2.45) is 0 Å². The lowest BCUT2D eigenvalue weighted by Gasteiger charge is -2.24. The summed E-state index contributed by atoms with van der Waals surface area (Å²) in [7, 11) is 1.52. The van der Waals surface area contributed by atoms with E-state index >= 15 is 0 Å². The van der Waals surface area contributed by atoms with Crippen molar-refractivity contribution >= 4 is 29.6 Å². The summed E-state index contributed by atoms with van der Waals surface area (Å²) in [6.45, 7) is 2.32. The van der Waals surface area contributed by atoms with E-state index in [-0.39, 0.29) is 24.5 Å². The van der Waals surface area contributed by atoms with E-state index in [1.54, 1.807) is 23.1 Å². The van der Waals surface area contributed by atoms with Gasteiger partial charge in [0.05, 0.1) is 0 Å². The van der Waals surface area contributed by atoms with Gasteiger partial charge in [-0.1, -0.05) is 6.07 Å². The fourth-order valence-corrected chi connectivity index (χ4v) is 4.45. The van der Waals surface area contributed by atoms with Crippen LogP contribution >= 0.6 is 0 Å². The number of ether oxygens (including phenoxy) is 1. The molecule has 29 heavy (non-hydrogen) atoms. The lowest BCUT2D eigenvalue weighted by Crippen LogP contribution is -2.45. The average Bonchev–Trinajstić information content (AvgIpc) is 3.35. The van der Waals surface area contributed by atoms with Crippen LogP contribution in [-0.4, -0.2) is 59.9 Å². The molecule has 2 N–H and O–H groups in total. The predicted octanol–water partition coefficient (Wildman–Crippen LogP) is 1.57. The van der Waals surface area contributed by atoms with Gasteiger partial charge in [0, 0.05) is 37.3 Å². The molecule has 9 nitrogen and oxygen atoms in total. The average molecular weight is 400 g/mol. The molecule has 0 saturated carbocycles. The summed E-state index contributed by atoms with van der Waals surface area (Å²) in [5.74, 6) is -0.728. The van der Waals surface area contributed by atoms with Crippen LogP contribution < -0.4 is 10.6 Å². The number of nitrogens with zero attached hydrogens (tertiary/aromatic N) is 2. The molecular weight excluding hydrogens is 376 g/mol. The molecule has 154 valence electrons. The number of aryl methyl sites for hydroxylation is 1. The molecule has 1 aromatic carbocycles. The van der Waals surface area contributed by atoms with Gasteiger partial charge >= 0.3 is 12.1 Å². The molecule has 2 saturated heterocycles. The van der Waals surface area contributed by atoms with Crippen LogP contribution in [-0.2, 0) is 26.3 Å². The molecule has 1 aromatic rings. The molecule has 3 aliphatic rings. The van der Waals surface area contributed by atoms with Gasteiger partial charge in [0.2, 0.25) is 11.5 Å². The lowest BCUT2D eigenvalue weighted by atomic mass is 9.94. The Morgan fingerprint density at radius 3 is 2.79 bits per heavy atom. The minimum Gasteiger partial charge on any atom is -0.427 e. The molecule has 4 rings (SSSR count). The molecule has 2 atom stereocenters. The zero-order chi connectivity index (χ0) is 20.8. The first kappa shape index (κ1) is 19.2. The topological polar surface area (TPSA) is 108 Å². The van der Waals surface area contributed by atoms with Crippen LogP contribution in [0.4, 0.5) is 15.3 Å². The van der Waals surface area contributed by atoms with Crippen LogP contribution in [0.25, 0.3) is 0 Å². The third-order valence-electron chi connectivity index (χ3n) is 6.01. The molecule has 2 heterocycles. The third-order valence-corrected chi connectivity index (χ3v) is 6.01. The van der Waals surface area contributed by atoms with Gasteiger partial charge in [0.1, 0.15) is 6.54 Å². The third kappa shape index (κ3) is 3.10. The molecule has 1 unspecified atom stereocenters. The quantitative estimate of drug-likeness (QED) is 0.801. The number of amides is 5. The summed E-state index contributed by atoms with van der Waals surface area (Å²) >= 11 is 0. The summed E-state index contributed by atoms with van der Waals surface area (Å²) in [4.78, 5) is 52.4. The monoisotopic (exact) mass is 400 g/mol. The van der Waals surface area contributed by atoms with Gasteiger partial charge in [-0.15, -0.1) is 0 Å². The highest BCUT2D eigenvalue weighted by molar-refractivity contribution is 6.06. The second-order valence-electron chi connectivity index (χ2n) is 7.74. The maximum Gasteiger partial charge on any atom is 0.418 e. The van der Waals surface area contributed by atoms with Crippen LogP contribution in [0.3, 0.4) is 0 Å². The van der Waals surface area contributed by atoms with Gasteiger partial charge in [0.25, 0.3) is 5.91 Å². The Hall–Kier alpha value is -3.10. The summed E-state index contributed by atoms with van der Waals surface area (Å²) in [5, 5.41) is 5.16. The molecule has 9 heteroatoms.